The minimum atomic E-state index is -0.777. The largest absolute Gasteiger partial charge is 0.381 e. The van der Waals surface area contributed by atoms with Crippen LogP contribution in [-0.4, -0.2) is 33.9 Å². The Morgan fingerprint density at radius 3 is 2.66 bits per heavy atom. The molecule has 1 aliphatic rings. The van der Waals surface area contributed by atoms with Crippen molar-refractivity contribution in [1.82, 2.24) is 14.8 Å². The Morgan fingerprint density at radius 2 is 1.97 bits per heavy atom. The molecule has 0 spiro atoms. The number of hydrogen-bond donors (Lipinski definition) is 1. The number of nitrogens with zero attached hydrogens (tertiary/aromatic N) is 3. The SMILES string of the molecule is Cn1cnnc1-c1cccc(NC(=O)C2(c3ccc(Cl)cc3Cl)CCOCC2)c1. The number of anilines is 1. The number of aryl methyl sites for hydroxylation is 1. The van der Waals surface area contributed by atoms with E-state index in [9.17, 15) is 4.79 Å². The second kappa shape index (κ2) is 8.14. The minimum Gasteiger partial charge on any atom is -0.381 e. The van der Waals surface area contributed by atoms with Gasteiger partial charge >= 0.3 is 0 Å². The molecule has 150 valence electrons. The zero-order valence-electron chi connectivity index (χ0n) is 15.9. The summed E-state index contributed by atoms with van der Waals surface area (Å²) in [5.41, 5.74) is 1.55. The lowest BCUT2D eigenvalue weighted by molar-refractivity contribution is -0.125. The van der Waals surface area contributed by atoms with Crippen molar-refractivity contribution in [3.63, 3.8) is 0 Å². The van der Waals surface area contributed by atoms with Crippen molar-refractivity contribution >= 4 is 34.8 Å². The first-order chi connectivity index (χ1) is 14.0. The number of carbonyl (C=O) groups excluding carboxylic acids is 1. The highest BCUT2D eigenvalue weighted by Crippen LogP contribution is 2.40. The molecule has 1 amide bonds. The van der Waals surface area contributed by atoms with Gasteiger partial charge in [0.1, 0.15) is 6.33 Å². The molecule has 0 bridgehead atoms. The summed E-state index contributed by atoms with van der Waals surface area (Å²) in [6, 6.07) is 12.8. The maximum absolute atomic E-state index is 13.5. The van der Waals surface area contributed by atoms with Crippen LogP contribution in [0.15, 0.2) is 48.8 Å². The number of nitrogens with one attached hydrogen (secondary N) is 1. The highest BCUT2D eigenvalue weighted by Gasteiger charge is 2.43. The molecule has 2 aromatic carbocycles. The van der Waals surface area contributed by atoms with Crippen molar-refractivity contribution in [2.45, 2.75) is 18.3 Å². The van der Waals surface area contributed by atoms with Crippen LogP contribution >= 0.6 is 23.2 Å². The lowest BCUT2D eigenvalue weighted by atomic mass is 9.73. The van der Waals surface area contributed by atoms with Crippen LogP contribution in [0, 0.1) is 0 Å². The molecule has 1 aromatic heterocycles. The van der Waals surface area contributed by atoms with Crippen LogP contribution in [0.4, 0.5) is 5.69 Å². The Labute approximate surface area is 178 Å². The predicted molar refractivity (Wildman–Crippen MR) is 113 cm³/mol. The first-order valence-electron chi connectivity index (χ1n) is 9.29. The van der Waals surface area contributed by atoms with Crippen LogP contribution in [0.5, 0.6) is 0 Å². The van der Waals surface area contributed by atoms with Gasteiger partial charge in [0.2, 0.25) is 5.91 Å². The van der Waals surface area contributed by atoms with E-state index in [1.807, 2.05) is 41.9 Å². The van der Waals surface area contributed by atoms with Gasteiger partial charge in [0.15, 0.2) is 5.82 Å². The standard InChI is InChI=1S/C21H20Cl2N4O2/c1-27-13-24-26-19(27)14-3-2-4-16(11-14)25-20(28)21(7-9-29-10-8-21)17-6-5-15(22)12-18(17)23/h2-6,11-13H,7-10H2,1H3,(H,25,28). The molecule has 2 heterocycles. The zero-order chi connectivity index (χ0) is 20.4. The summed E-state index contributed by atoms with van der Waals surface area (Å²) in [5, 5.41) is 12.1. The molecule has 29 heavy (non-hydrogen) atoms. The highest BCUT2D eigenvalue weighted by atomic mass is 35.5. The molecule has 0 saturated carbocycles. The van der Waals surface area contributed by atoms with E-state index in [2.05, 4.69) is 15.5 Å². The number of hydrogen-bond acceptors (Lipinski definition) is 4. The van der Waals surface area contributed by atoms with Crippen molar-refractivity contribution in [1.29, 1.82) is 0 Å². The second-order valence-electron chi connectivity index (χ2n) is 7.12. The fourth-order valence-electron chi connectivity index (χ4n) is 3.75. The molecule has 8 heteroatoms. The molecule has 1 aliphatic heterocycles. The lowest BCUT2D eigenvalue weighted by Crippen LogP contribution is -2.45. The van der Waals surface area contributed by atoms with Gasteiger partial charge < -0.3 is 14.6 Å². The van der Waals surface area contributed by atoms with E-state index in [-0.39, 0.29) is 5.91 Å². The lowest BCUT2D eigenvalue weighted by Gasteiger charge is -2.36. The topological polar surface area (TPSA) is 69.0 Å². The van der Waals surface area contributed by atoms with Gasteiger partial charge in [-0.3, -0.25) is 4.79 Å². The van der Waals surface area contributed by atoms with Crippen LogP contribution < -0.4 is 5.32 Å². The first-order valence-corrected chi connectivity index (χ1v) is 10.0. The molecule has 1 fully saturated rings. The number of ether oxygens (including phenoxy) is 1. The molecule has 0 atom stereocenters. The third-order valence-corrected chi connectivity index (χ3v) is 5.87. The van der Waals surface area contributed by atoms with E-state index >= 15 is 0 Å². The molecule has 0 radical (unpaired) electrons. The van der Waals surface area contributed by atoms with E-state index in [4.69, 9.17) is 27.9 Å². The minimum absolute atomic E-state index is 0.111. The summed E-state index contributed by atoms with van der Waals surface area (Å²) in [6.07, 6.45) is 2.73. The molecule has 1 saturated heterocycles. The van der Waals surface area contributed by atoms with Gasteiger partial charge in [-0.25, -0.2) is 0 Å². The summed E-state index contributed by atoms with van der Waals surface area (Å²) in [5.74, 6) is 0.614. The molecule has 4 rings (SSSR count). The highest BCUT2D eigenvalue weighted by molar-refractivity contribution is 6.35. The third-order valence-electron chi connectivity index (χ3n) is 5.32. The number of halogens is 2. The van der Waals surface area contributed by atoms with Crippen molar-refractivity contribution in [3.05, 3.63) is 64.4 Å². The van der Waals surface area contributed by atoms with E-state index in [0.717, 1.165) is 17.0 Å². The molecular weight excluding hydrogens is 411 g/mol. The normalized spacial score (nSPS) is 15.8. The maximum atomic E-state index is 13.5. The molecule has 3 aromatic rings. The van der Waals surface area contributed by atoms with Crippen LogP contribution in [0.3, 0.4) is 0 Å². The zero-order valence-corrected chi connectivity index (χ0v) is 17.4. The van der Waals surface area contributed by atoms with E-state index in [0.29, 0.717) is 41.8 Å². The van der Waals surface area contributed by atoms with Crippen LogP contribution in [0.25, 0.3) is 11.4 Å². The monoisotopic (exact) mass is 430 g/mol. The Kier molecular flexibility index (Phi) is 5.58. The van der Waals surface area contributed by atoms with Crippen molar-refractivity contribution in [2.24, 2.45) is 7.05 Å². The van der Waals surface area contributed by atoms with Crippen LogP contribution in [0.1, 0.15) is 18.4 Å². The average molecular weight is 431 g/mol. The van der Waals surface area contributed by atoms with Crippen LogP contribution in [0.2, 0.25) is 10.0 Å². The predicted octanol–water partition coefficient (Wildman–Crippen LogP) is 4.48. The van der Waals surface area contributed by atoms with Gasteiger partial charge in [0, 0.05) is 41.6 Å². The number of benzene rings is 2. The fourth-order valence-corrected chi connectivity index (χ4v) is 4.34. The summed E-state index contributed by atoms with van der Waals surface area (Å²) >= 11 is 12.6. The number of aromatic nitrogens is 3. The van der Waals surface area contributed by atoms with E-state index in [1.54, 1.807) is 18.5 Å². The Bertz CT molecular complexity index is 1040. The smallest absolute Gasteiger partial charge is 0.235 e. The van der Waals surface area contributed by atoms with Gasteiger partial charge in [-0.15, -0.1) is 10.2 Å². The summed E-state index contributed by atoms with van der Waals surface area (Å²) in [6.45, 7) is 0.983. The summed E-state index contributed by atoms with van der Waals surface area (Å²) in [4.78, 5) is 13.5. The number of amides is 1. The second-order valence-corrected chi connectivity index (χ2v) is 7.96. The van der Waals surface area contributed by atoms with Crippen LogP contribution in [-0.2, 0) is 22.0 Å². The van der Waals surface area contributed by atoms with Crippen molar-refractivity contribution < 1.29 is 9.53 Å². The van der Waals surface area contributed by atoms with E-state index < -0.39 is 5.41 Å². The van der Waals surface area contributed by atoms with E-state index in [1.165, 1.54) is 0 Å². The van der Waals surface area contributed by atoms with Crippen molar-refractivity contribution in [2.75, 3.05) is 18.5 Å². The average Bonchev–Trinajstić information content (AvgIpc) is 3.14. The third kappa shape index (κ3) is 3.88. The number of rotatable bonds is 4. The number of carbonyl (C=O) groups is 1. The fraction of sp³-hybridized carbons (Fsp3) is 0.286. The Hall–Kier alpha value is -2.41. The molecule has 0 unspecified atom stereocenters. The van der Waals surface area contributed by atoms with Gasteiger partial charge in [0.05, 0.1) is 5.41 Å². The Morgan fingerprint density at radius 1 is 1.17 bits per heavy atom. The first kappa shape index (κ1) is 19.9. The van der Waals surface area contributed by atoms with Crippen molar-refractivity contribution in [3.8, 4) is 11.4 Å². The van der Waals surface area contributed by atoms with Gasteiger partial charge in [-0.1, -0.05) is 41.4 Å². The summed E-state index contributed by atoms with van der Waals surface area (Å²) in [7, 11) is 1.88. The van der Waals surface area contributed by atoms with Gasteiger partial charge in [0.25, 0.3) is 0 Å². The maximum Gasteiger partial charge on any atom is 0.235 e. The van der Waals surface area contributed by atoms with Gasteiger partial charge in [-0.2, -0.15) is 0 Å². The molecule has 6 nitrogen and oxygen atoms in total. The molecule has 1 N–H and O–H groups in total. The van der Waals surface area contributed by atoms with Gasteiger partial charge in [-0.05, 0) is 42.7 Å². The Balaban J connectivity index is 1.67. The molecular formula is C21H20Cl2N4O2. The summed E-state index contributed by atoms with van der Waals surface area (Å²) < 4.78 is 7.35. The molecule has 0 aliphatic carbocycles. The quantitative estimate of drug-likeness (QED) is 0.662.